The van der Waals surface area contributed by atoms with Crippen molar-refractivity contribution >= 4 is 41.3 Å². The maximum atomic E-state index is 6.50. The molecular weight excluding hydrogens is 313 g/mol. The highest BCUT2D eigenvalue weighted by atomic mass is 35.5. The third-order valence-electron chi connectivity index (χ3n) is 2.49. The molecule has 1 heterocycles. The van der Waals surface area contributed by atoms with Crippen LogP contribution in [-0.2, 0) is 0 Å². The molecular formula is C9H20Cl3N7. The van der Waals surface area contributed by atoms with Crippen molar-refractivity contribution in [2.24, 2.45) is 16.5 Å². The van der Waals surface area contributed by atoms with Crippen molar-refractivity contribution in [3.05, 3.63) is 0 Å². The lowest BCUT2D eigenvalue weighted by molar-refractivity contribution is 0.0392. The molecule has 112 valence electrons. The molecule has 0 fully saturated rings. The van der Waals surface area contributed by atoms with Crippen molar-refractivity contribution in [3.63, 3.8) is 0 Å². The first-order chi connectivity index (χ1) is 9.06. The van der Waals surface area contributed by atoms with Gasteiger partial charge in [-0.2, -0.15) is 0 Å². The maximum absolute atomic E-state index is 6.50. The fraction of sp³-hybridized carbons (Fsp3) is 0.889. The van der Waals surface area contributed by atoms with Crippen LogP contribution in [0.4, 0.5) is 0 Å². The van der Waals surface area contributed by atoms with Gasteiger partial charge in [0, 0.05) is 13.1 Å². The molecule has 0 spiro atoms. The zero-order chi connectivity index (χ0) is 14.3. The first-order valence-corrected chi connectivity index (χ1v) is 7.21. The number of halogens is 3. The lowest BCUT2D eigenvalue weighted by Crippen LogP contribution is -2.69. The highest BCUT2D eigenvalue weighted by Crippen LogP contribution is 2.30. The largest absolute Gasteiger partial charge is 0.330 e. The zero-order valence-corrected chi connectivity index (χ0v) is 12.8. The number of hydrogen-bond acceptors (Lipinski definition) is 7. The quantitative estimate of drug-likeness (QED) is 0.215. The van der Waals surface area contributed by atoms with E-state index in [0.717, 1.165) is 12.8 Å². The Morgan fingerprint density at radius 3 is 2.53 bits per heavy atom. The SMILES string of the molecule is NCCCNN1C=NC(Cl)N(Cl)C1(Cl)NCCCN. The number of alkyl halides is 2. The summed E-state index contributed by atoms with van der Waals surface area (Å²) < 4.78 is 1.20. The molecule has 19 heavy (non-hydrogen) atoms. The van der Waals surface area contributed by atoms with Gasteiger partial charge in [-0.05, 0) is 37.7 Å². The van der Waals surface area contributed by atoms with Gasteiger partial charge in [-0.15, -0.1) is 4.42 Å². The minimum Gasteiger partial charge on any atom is -0.330 e. The van der Waals surface area contributed by atoms with Gasteiger partial charge >= 0.3 is 0 Å². The number of hydrogen-bond donors (Lipinski definition) is 4. The summed E-state index contributed by atoms with van der Waals surface area (Å²) in [5.41, 5.74) is 13.2. The molecule has 0 saturated heterocycles. The molecule has 0 aromatic rings. The summed E-state index contributed by atoms with van der Waals surface area (Å²) in [5.74, 6) is 0. The second-order valence-corrected chi connectivity index (χ2v) is 5.24. The van der Waals surface area contributed by atoms with Gasteiger partial charge < -0.3 is 11.5 Å². The van der Waals surface area contributed by atoms with Crippen LogP contribution < -0.4 is 22.2 Å². The second kappa shape index (κ2) is 8.43. The Bertz CT molecular complexity index is 293. The van der Waals surface area contributed by atoms with Gasteiger partial charge in [-0.3, -0.25) is 5.32 Å². The molecule has 2 atom stereocenters. The van der Waals surface area contributed by atoms with Gasteiger partial charge in [-0.1, -0.05) is 23.2 Å². The van der Waals surface area contributed by atoms with E-state index in [1.165, 1.54) is 10.8 Å². The van der Waals surface area contributed by atoms with Crippen molar-refractivity contribution in [2.75, 3.05) is 26.2 Å². The molecule has 1 rings (SSSR count). The number of rotatable bonds is 8. The number of nitrogens with zero attached hydrogens (tertiary/aromatic N) is 3. The third-order valence-corrected chi connectivity index (χ3v) is 3.91. The Morgan fingerprint density at radius 1 is 1.26 bits per heavy atom. The van der Waals surface area contributed by atoms with Crippen LogP contribution in [0.3, 0.4) is 0 Å². The van der Waals surface area contributed by atoms with E-state index in [1.54, 1.807) is 5.01 Å². The summed E-state index contributed by atoms with van der Waals surface area (Å²) in [5, 5.41) is 3.45. The predicted molar refractivity (Wildman–Crippen MR) is 79.6 cm³/mol. The van der Waals surface area contributed by atoms with E-state index in [0.29, 0.717) is 26.2 Å². The molecule has 0 radical (unpaired) electrons. The lowest BCUT2D eigenvalue weighted by Gasteiger charge is -2.45. The fourth-order valence-electron chi connectivity index (χ4n) is 1.46. The van der Waals surface area contributed by atoms with Crippen molar-refractivity contribution in [3.8, 4) is 0 Å². The highest BCUT2D eigenvalue weighted by molar-refractivity contribution is 6.31. The summed E-state index contributed by atoms with van der Waals surface area (Å²) in [6.45, 7) is 2.38. The number of hydrazine groups is 1. The van der Waals surface area contributed by atoms with Crippen LogP contribution in [0.25, 0.3) is 0 Å². The summed E-state index contributed by atoms with van der Waals surface area (Å²) in [6, 6.07) is 0. The van der Waals surface area contributed by atoms with E-state index in [1.807, 2.05) is 0 Å². The monoisotopic (exact) mass is 331 g/mol. The van der Waals surface area contributed by atoms with Crippen LogP contribution in [-0.4, -0.2) is 52.8 Å². The summed E-state index contributed by atoms with van der Waals surface area (Å²) in [6.07, 6.45) is 3.07. The first-order valence-electron chi connectivity index (χ1n) is 6.05. The molecule has 1 aliphatic rings. The Balaban J connectivity index is 2.69. The second-order valence-electron chi connectivity index (χ2n) is 3.96. The molecule has 10 heteroatoms. The molecule has 0 bridgehead atoms. The minimum absolute atomic E-state index is 0.557. The van der Waals surface area contributed by atoms with E-state index < -0.39 is 10.9 Å². The van der Waals surface area contributed by atoms with Crippen molar-refractivity contribution < 1.29 is 0 Å². The molecule has 1 aliphatic heterocycles. The summed E-state index contributed by atoms with van der Waals surface area (Å²) in [4.78, 5) is 4.01. The standard InChI is InChI=1S/C9H20Cl3N7/c10-8-15-7-18(17-6-2-4-14)9(11,19(8)12)16-5-1-3-13/h7-8,16-17H,1-6,13-14H2. The molecule has 0 aliphatic carbocycles. The van der Waals surface area contributed by atoms with E-state index in [4.69, 9.17) is 46.4 Å². The van der Waals surface area contributed by atoms with Crippen LogP contribution >= 0.6 is 35.0 Å². The van der Waals surface area contributed by atoms with Gasteiger partial charge in [0.25, 0.3) is 5.25 Å². The molecule has 6 N–H and O–H groups in total. The first kappa shape index (κ1) is 17.2. The van der Waals surface area contributed by atoms with Gasteiger partial charge in [-0.25, -0.2) is 15.4 Å². The van der Waals surface area contributed by atoms with Crippen molar-refractivity contribution in [1.29, 1.82) is 0 Å². The lowest BCUT2D eigenvalue weighted by atomic mass is 10.4. The minimum atomic E-state index is -1.21. The smallest absolute Gasteiger partial charge is 0.259 e. The zero-order valence-electron chi connectivity index (χ0n) is 10.5. The third kappa shape index (κ3) is 4.57. The molecule has 0 aromatic heterocycles. The Labute approximate surface area is 128 Å². The van der Waals surface area contributed by atoms with Crippen molar-refractivity contribution in [2.45, 2.75) is 23.7 Å². The van der Waals surface area contributed by atoms with Gasteiger partial charge in [0.2, 0.25) is 0 Å². The fourth-order valence-corrected chi connectivity index (χ4v) is 2.18. The molecule has 0 aromatic carbocycles. The van der Waals surface area contributed by atoms with E-state index in [2.05, 4.69) is 15.7 Å². The summed E-state index contributed by atoms with van der Waals surface area (Å²) >= 11 is 18.6. The Morgan fingerprint density at radius 2 is 1.89 bits per heavy atom. The van der Waals surface area contributed by atoms with Gasteiger partial charge in [0.1, 0.15) is 6.34 Å². The summed E-state index contributed by atoms with van der Waals surface area (Å²) in [7, 11) is 0. The van der Waals surface area contributed by atoms with Crippen molar-refractivity contribution in [1.82, 2.24) is 20.2 Å². The van der Waals surface area contributed by atoms with Crippen LogP contribution in [0.1, 0.15) is 12.8 Å². The number of nitrogens with two attached hydrogens (primary N) is 2. The predicted octanol–water partition coefficient (Wildman–Crippen LogP) is -0.0496. The van der Waals surface area contributed by atoms with E-state index in [-0.39, 0.29) is 0 Å². The molecule has 0 saturated carbocycles. The van der Waals surface area contributed by atoms with Crippen LogP contribution in [0.2, 0.25) is 0 Å². The van der Waals surface area contributed by atoms with E-state index in [9.17, 15) is 0 Å². The Hall–Kier alpha value is 0.140. The highest BCUT2D eigenvalue weighted by Gasteiger charge is 2.45. The van der Waals surface area contributed by atoms with Gasteiger partial charge in [0.05, 0.1) is 0 Å². The van der Waals surface area contributed by atoms with Crippen LogP contribution in [0.5, 0.6) is 0 Å². The number of aliphatic imine (C=N–C) groups is 1. The molecule has 2 unspecified atom stereocenters. The number of nitrogens with one attached hydrogen (secondary N) is 2. The van der Waals surface area contributed by atoms with Gasteiger partial charge in [0.15, 0.2) is 5.62 Å². The maximum Gasteiger partial charge on any atom is 0.259 e. The average molecular weight is 333 g/mol. The molecule has 7 nitrogen and oxygen atoms in total. The normalized spacial score (nSPS) is 28.1. The Kier molecular flexibility index (Phi) is 7.63. The molecule has 0 amide bonds. The van der Waals surface area contributed by atoms with E-state index >= 15 is 0 Å². The van der Waals surface area contributed by atoms with Crippen LogP contribution in [0, 0.1) is 0 Å². The average Bonchev–Trinajstić information content (AvgIpc) is 2.40. The van der Waals surface area contributed by atoms with Crippen LogP contribution in [0.15, 0.2) is 4.99 Å². The topological polar surface area (TPSA) is 94.9 Å².